The molecule has 4 nitrogen and oxygen atoms in total. The van der Waals surface area contributed by atoms with E-state index in [2.05, 4.69) is 4.98 Å². The molecule has 0 aromatic carbocycles. The minimum absolute atomic E-state index is 0.221. The number of methoxy groups -OCH3 is 2. The Morgan fingerprint density at radius 1 is 1.47 bits per heavy atom. The fourth-order valence-electron chi connectivity index (χ4n) is 1.36. The van der Waals surface area contributed by atoms with E-state index in [-0.39, 0.29) is 18.8 Å². The quantitative estimate of drug-likeness (QED) is 0.806. The summed E-state index contributed by atoms with van der Waals surface area (Å²) in [6, 6.07) is 1.60. The predicted molar refractivity (Wildman–Crippen MR) is 54.9 cm³/mol. The highest BCUT2D eigenvalue weighted by Crippen LogP contribution is 2.35. The lowest BCUT2D eigenvalue weighted by atomic mass is 10.1. The van der Waals surface area contributed by atoms with Crippen LogP contribution < -0.4 is 15.2 Å². The number of hydrogen-bond acceptors (Lipinski definition) is 4. The fourth-order valence-corrected chi connectivity index (χ4v) is 1.36. The van der Waals surface area contributed by atoms with E-state index in [1.165, 1.54) is 20.4 Å². The number of nitrogens with zero attached hydrogens (tertiary/aromatic N) is 1. The predicted octanol–water partition coefficient (Wildman–Crippen LogP) is 1.46. The van der Waals surface area contributed by atoms with Gasteiger partial charge in [0, 0.05) is 6.20 Å². The number of halogens is 1. The van der Waals surface area contributed by atoms with Crippen molar-refractivity contribution < 1.29 is 13.9 Å². The van der Waals surface area contributed by atoms with Gasteiger partial charge in [0.1, 0.15) is 11.9 Å². The lowest BCUT2D eigenvalue weighted by Crippen LogP contribution is -2.07. The maximum atomic E-state index is 13.8. The number of ether oxygens (including phenoxy) is 2. The van der Waals surface area contributed by atoms with Gasteiger partial charge < -0.3 is 15.2 Å². The van der Waals surface area contributed by atoms with Gasteiger partial charge in [0.25, 0.3) is 0 Å². The van der Waals surface area contributed by atoms with E-state index in [9.17, 15) is 4.39 Å². The van der Waals surface area contributed by atoms with E-state index in [0.29, 0.717) is 11.3 Å². The molecular formula is C10H15FN2O2. The Morgan fingerprint density at radius 2 is 2.20 bits per heavy atom. The summed E-state index contributed by atoms with van der Waals surface area (Å²) in [5, 5.41) is 0. The van der Waals surface area contributed by atoms with E-state index in [0.717, 1.165) is 0 Å². The standard InChI is InChI=1S/C10H15FN2O2/c1-14-8-4-6-13-10(15-2)9(8)7(11)3-5-12/h4,6-7H,3,5,12H2,1-2H3. The summed E-state index contributed by atoms with van der Waals surface area (Å²) in [6.45, 7) is 0.266. The summed E-state index contributed by atoms with van der Waals surface area (Å²) < 4.78 is 23.8. The highest BCUT2D eigenvalue weighted by atomic mass is 19.1. The summed E-state index contributed by atoms with van der Waals surface area (Å²) in [7, 11) is 2.92. The zero-order chi connectivity index (χ0) is 11.3. The maximum Gasteiger partial charge on any atom is 0.223 e. The molecule has 5 heteroatoms. The molecule has 84 valence electrons. The Morgan fingerprint density at radius 3 is 2.73 bits per heavy atom. The van der Waals surface area contributed by atoms with Crippen LogP contribution in [0, 0.1) is 0 Å². The summed E-state index contributed by atoms with van der Waals surface area (Å²) in [5.41, 5.74) is 5.63. The number of aromatic nitrogens is 1. The van der Waals surface area contributed by atoms with E-state index in [1.54, 1.807) is 6.07 Å². The molecule has 1 aromatic heterocycles. The molecule has 0 aliphatic carbocycles. The van der Waals surface area contributed by atoms with Crippen molar-refractivity contribution in [2.75, 3.05) is 20.8 Å². The minimum Gasteiger partial charge on any atom is -0.496 e. The molecule has 0 bridgehead atoms. The van der Waals surface area contributed by atoms with Crippen molar-refractivity contribution in [3.63, 3.8) is 0 Å². The Hall–Kier alpha value is -1.36. The maximum absolute atomic E-state index is 13.8. The molecule has 0 spiro atoms. The molecule has 1 heterocycles. The van der Waals surface area contributed by atoms with Crippen molar-refractivity contribution in [3.8, 4) is 11.6 Å². The number of rotatable bonds is 5. The van der Waals surface area contributed by atoms with Crippen molar-refractivity contribution in [1.29, 1.82) is 0 Å². The number of nitrogens with two attached hydrogens (primary N) is 1. The monoisotopic (exact) mass is 214 g/mol. The van der Waals surface area contributed by atoms with E-state index in [4.69, 9.17) is 15.2 Å². The molecular weight excluding hydrogens is 199 g/mol. The van der Waals surface area contributed by atoms with Crippen molar-refractivity contribution in [3.05, 3.63) is 17.8 Å². The molecule has 15 heavy (non-hydrogen) atoms. The Balaban J connectivity index is 3.09. The van der Waals surface area contributed by atoms with Gasteiger partial charge >= 0.3 is 0 Å². The van der Waals surface area contributed by atoms with Gasteiger partial charge in [0.2, 0.25) is 5.88 Å². The highest BCUT2D eigenvalue weighted by Gasteiger charge is 2.20. The highest BCUT2D eigenvalue weighted by molar-refractivity contribution is 5.41. The first-order chi connectivity index (χ1) is 7.24. The molecule has 0 saturated heterocycles. The number of pyridine rings is 1. The van der Waals surface area contributed by atoms with E-state index >= 15 is 0 Å². The average Bonchev–Trinajstić information content (AvgIpc) is 2.28. The van der Waals surface area contributed by atoms with Gasteiger partial charge in [-0.3, -0.25) is 0 Å². The molecule has 1 unspecified atom stereocenters. The average molecular weight is 214 g/mol. The Kier molecular flexibility index (Phi) is 4.30. The van der Waals surface area contributed by atoms with Gasteiger partial charge in [0.05, 0.1) is 19.8 Å². The Bertz CT molecular complexity index is 298. The van der Waals surface area contributed by atoms with E-state index in [1.807, 2.05) is 0 Å². The van der Waals surface area contributed by atoms with Crippen LogP contribution in [0.1, 0.15) is 18.2 Å². The molecule has 1 rings (SSSR count). The first-order valence-electron chi connectivity index (χ1n) is 4.65. The number of hydrogen-bond donors (Lipinski definition) is 1. The second-order valence-electron chi connectivity index (χ2n) is 2.98. The molecule has 0 aliphatic heterocycles. The molecule has 0 radical (unpaired) electrons. The van der Waals surface area contributed by atoms with Crippen LogP contribution in [0.4, 0.5) is 4.39 Å². The van der Waals surface area contributed by atoms with Gasteiger partial charge in [-0.1, -0.05) is 0 Å². The summed E-state index contributed by atoms with van der Waals surface area (Å²) >= 11 is 0. The third-order valence-electron chi connectivity index (χ3n) is 2.06. The largest absolute Gasteiger partial charge is 0.496 e. The summed E-state index contributed by atoms with van der Waals surface area (Å²) in [5.74, 6) is 0.679. The lowest BCUT2D eigenvalue weighted by Gasteiger charge is -2.14. The summed E-state index contributed by atoms with van der Waals surface area (Å²) in [4.78, 5) is 3.93. The van der Waals surface area contributed by atoms with Gasteiger partial charge in [-0.2, -0.15) is 0 Å². The van der Waals surface area contributed by atoms with Crippen molar-refractivity contribution in [1.82, 2.24) is 4.98 Å². The van der Waals surface area contributed by atoms with Crippen molar-refractivity contribution in [2.24, 2.45) is 5.73 Å². The van der Waals surface area contributed by atoms with Crippen molar-refractivity contribution in [2.45, 2.75) is 12.6 Å². The fraction of sp³-hybridized carbons (Fsp3) is 0.500. The topological polar surface area (TPSA) is 57.4 Å². The molecule has 0 aliphatic rings. The van der Waals surface area contributed by atoms with Crippen LogP contribution in [0.5, 0.6) is 11.6 Å². The van der Waals surface area contributed by atoms with Gasteiger partial charge in [-0.15, -0.1) is 0 Å². The third-order valence-corrected chi connectivity index (χ3v) is 2.06. The second-order valence-corrected chi connectivity index (χ2v) is 2.98. The normalized spacial score (nSPS) is 12.3. The Labute approximate surface area is 88.2 Å². The van der Waals surface area contributed by atoms with Gasteiger partial charge in [0.15, 0.2) is 0 Å². The molecule has 1 aromatic rings. The van der Waals surface area contributed by atoms with Crippen LogP contribution in [0.25, 0.3) is 0 Å². The van der Waals surface area contributed by atoms with Gasteiger partial charge in [-0.05, 0) is 19.0 Å². The molecule has 0 amide bonds. The molecule has 0 fully saturated rings. The van der Waals surface area contributed by atoms with Crippen LogP contribution in [0.3, 0.4) is 0 Å². The first kappa shape index (κ1) is 11.7. The second kappa shape index (κ2) is 5.50. The first-order valence-corrected chi connectivity index (χ1v) is 4.65. The van der Waals surface area contributed by atoms with Crippen LogP contribution in [-0.4, -0.2) is 25.7 Å². The minimum atomic E-state index is -1.21. The zero-order valence-corrected chi connectivity index (χ0v) is 8.87. The summed E-state index contributed by atoms with van der Waals surface area (Å²) in [6.07, 6.45) is 0.517. The number of alkyl halides is 1. The van der Waals surface area contributed by atoms with Crippen LogP contribution in [0.2, 0.25) is 0 Å². The van der Waals surface area contributed by atoms with E-state index < -0.39 is 6.17 Å². The molecule has 0 saturated carbocycles. The SMILES string of the molecule is COc1ccnc(OC)c1C(F)CCN. The molecule has 2 N–H and O–H groups in total. The van der Waals surface area contributed by atoms with Crippen LogP contribution >= 0.6 is 0 Å². The third kappa shape index (κ3) is 2.56. The van der Waals surface area contributed by atoms with Gasteiger partial charge in [-0.25, -0.2) is 9.37 Å². The van der Waals surface area contributed by atoms with Crippen LogP contribution in [-0.2, 0) is 0 Å². The molecule has 1 atom stereocenters. The lowest BCUT2D eigenvalue weighted by molar-refractivity contribution is 0.290. The van der Waals surface area contributed by atoms with Crippen LogP contribution in [0.15, 0.2) is 12.3 Å². The smallest absolute Gasteiger partial charge is 0.223 e. The zero-order valence-electron chi connectivity index (χ0n) is 8.87. The van der Waals surface area contributed by atoms with Crippen molar-refractivity contribution >= 4 is 0 Å².